The molecule has 106 valence electrons. The van der Waals surface area contributed by atoms with Gasteiger partial charge >= 0.3 is 0 Å². The van der Waals surface area contributed by atoms with Gasteiger partial charge in [-0.25, -0.2) is 13.1 Å². The third-order valence-corrected chi connectivity index (χ3v) is 4.94. The zero-order valence-corrected chi connectivity index (χ0v) is 12.9. The van der Waals surface area contributed by atoms with Gasteiger partial charge in [0.25, 0.3) is 0 Å². The van der Waals surface area contributed by atoms with Gasteiger partial charge in [-0.05, 0) is 37.3 Å². The maximum absolute atomic E-state index is 12.2. The summed E-state index contributed by atoms with van der Waals surface area (Å²) >= 11 is 11.6. The number of aromatic nitrogens is 1. The van der Waals surface area contributed by atoms with Crippen LogP contribution in [0, 0.1) is 0 Å². The Morgan fingerprint density at radius 2 is 1.90 bits per heavy atom. The molecule has 4 nitrogen and oxygen atoms in total. The van der Waals surface area contributed by atoms with Crippen LogP contribution in [0.25, 0.3) is 0 Å². The molecule has 0 saturated heterocycles. The van der Waals surface area contributed by atoms with Crippen LogP contribution in [0.3, 0.4) is 0 Å². The van der Waals surface area contributed by atoms with Gasteiger partial charge in [-0.3, -0.25) is 4.98 Å². The number of hydrogen-bond acceptors (Lipinski definition) is 3. The Kier molecular flexibility index (Phi) is 4.65. The highest BCUT2D eigenvalue weighted by Crippen LogP contribution is 2.25. The van der Waals surface area contributed by atoms with Gasteiger partial charge in [0, 0.05) is 6.20 Å². The molecular formula is C13H12Cl2N2O2S. The van der Waals surface area contributed by atoms with E-state index in [4.69, 9.17) is 23.2 Å². The van der Waals surface area contributed by atoms with Crippen molar-refractivity contribution >= 4 is 33.2 Å². The standard InChI is InChI=1S/C13H12Cl2N2O2S/c1-9(13-4-2-3-7-16-13)17-20(18,19)10-5-6-11(14)12(15)8-10/h2-9,17H,1H3. The van der Waals surface area contributed by atoms with E-state index in [0.29, 0.717) is 10.7 Å². The van der Waals surface area contributed by atoms with Crippen molar-refractivity contribution in [1.82, 2.24) is 9.71 Å². The molecule has 1 heterocycles. The second kappa shape index (κ2) is 6.10. The zero-order valence-electron chi connectivity index (χ0n) is 10.5. The van der Waals surface area contributed by atoms with E-state index in [0.717, 1.165) is 0 Å². The summed E-state index contributed by atoms with van der Waals surface area (Å²) in [6.45, 7) is 1.72. The number of halogens is 2. The molecule has 0 radical (unpaired) electrons. The minimum Gasteiger partial charge on any atom is -0.260 e. The van der Waals surface area contributed by atoms with Crippen molar-refractivity contribution in [2.75, 3.05) is 0 Å². The third kappa shape index (κ3) is 3.49. The molecule has 2 rings (SSSR count). The molecule has 0 aliphatic rings. The Morgan fingerprint density at radius 3 is 2.50 bits per heavy atom. The number of nitrogens with one attached hydrogen (secondary N) is 1. The fraction of sp³-hybridized carbons (Fsp3) is 0.154. The second-order valence-corrected chi connectivity index (χ2v) is 6.70. The van der Waals surface area contributed by atoms with E-state index >= 15 is 0 Å². The predicted octanol–water partition coefficient (Wildman–Crippen LogP) is 3.43. The van der Waals surface area contributed by atoms with E-state index in [1.807, 2.05) is 0 Å². The van der Waals surface area contributed by atoms with E-state index in [2.05, 4.69) is 9.71 Å². The summed E-state index contributed by atoms with van der Waals surface area (Å²) in [5.41, 5.74) is 0.635. The van der Waals surface area contributed by atoms with Crippen LogP contribution in [-0.2, 0) is 10.0 Å². The largest absolute Gasteiger partial charge is 0.260 e. The first-order valence-corrected chi connectivity index (χ1v) is 8.02. The summed E-state index contributed by atoms with van der Waals surface area (Å²) in [7, 11) is -3.68. The highest BCUT2D eigenvalue weighted by atomic mass is 35.5. The van der Waals surface area contributed by atoms with Crippen LogP contribution in [0.5, 0.6) is 0 Å². The molecule has 20 heavy (non-hydrogen) atoms. The predicted molar refractivity (Wildman–Crippen MR) is 79.4 cm³/mol. The van der Waals surface area contributed by atoms with Gasteiger partial charge in [0.1, 0.15) is 0 Å². The lowest BCUT2D eigenvalue weighted by atomic mass is 10.2. The van der Waals surface area contributed by atoms with Crippen molar-refractivity contribution in [2.45, 2.75) is 17.9 Å². The Morgan fingerprint density at radius 1 is 1.15 bits per heavy atom. The van der Waals surface area contributed by atoms with Crippen LogP contribution in [-0.4, -0.2) is 13.4 Å². The number of rotatable bonds is 4. The first-order chi connectivity index (χ1) is 9.40. The highest BCUT2D eigenvalue weighted by Gasteiger charge is 2.19. The van der Waals surface area contributed by atoms with E-state index < -0.39 is 16.1 Å². The fourth-order valence-electron chi connectivity index (χ4n) is 1.64. The number of nitrogens with zero attached hydrogens (tertiary/aromatic N) is 1. The molecule has 0 amide bonds. The number of pyridine rings is 1. The van der Waals surface area contributed by atoms with E-state index in [9.17, 15) is 8.42 Å². The minimum absolute atomic E-state index is 0.0645. The van der Waals surface area contributed by atoms with Crippen molar-refractivity contribution in [3.05, 3.63) is 58.3 Å². The molecular weight excluding hydrogens is 319 g/mol. The van der Waals surface area contributed by atoms with Crippen LogP contribution >= 0.6 is 23.2 Å². The number of hydrogen-bond donors (Lipinski definition) is 1. The summed E-state index contributed by atoms with van der Waals surface area (Å²) in [4.78, 5) is 4.18. The van der Waals surface area contributed by atoms with E-state index in [1.165, 1.54) is 18.2 Å². The summed E-state index contributed by atoms with van der Waals surface area (Å²) in [5, 5.41) is 0.503. The SMILES string of the molecule is CC(NS(=O)(=O)c1ccc(Cl)c(Cl)c1)c1ccccn1. The van der Waals surface area contributed by atoms with Crippen LogP contribution < -0.4 is 4.72 Å². The summed E-state index contributed by atoms with van der Waals surface area (Å²) < 4.78 is 27.0. The lowest BCUT2D eigenvalue weighted by molar-refractivity contribution is 0.564. The normalized spacial score (nSPS) is 13.2. The highest BCUT2D eigenvalue weighted by molar-refractivity contribution is 7.89. The quantitative estimate of drug-likeness (QED) is 0.934. The molecule has 0 saturated carbocycles. The molecule has 0 fully saturated rings. The van der Waals surface area contributed by atoms with Gasteiger partial charge in [0.05, 0.1) is 26.7 Å². The maximum atomic E-state index is 12.2. The van der Waals surface area contributed by atoms with Crippen LogP contribution in [0.15, 0.2) is 47.5 Å². The Hall–Kier alpha value is -1.14. The van der Waals surface area contributed by atoms with Crippen LogP contribution in [0.1, 0.15) is 18.7 Å². The molecule has 0 bridgehead atoms. The summed E-state index contributed by atoms with van der Waals surface area (Å²) in [6.07, 6.45) is 1.61. The molecule has 2 aromatic rings. The molecule has 1 aromatic carbocycles. The average Bonchev–Trinajstić information content (AvgIpc) is 2.42. The van der Waals surface area contributed by atoms with Crippen molar-refractivity contribution in [1.29, 1.82) is 0 Å². The van der Waals surface area contributed by atoms with Gasteiger partial charge in [0.2, 0.25) is 10.0 Å². The molecule has 1 aromatic heterocycles. The molecule has 1 N–H and O–H groups in total. The summed E-state index contributed by atoms with van der Waals surface area (Å²) in [5.74, 6) is 0. The minimum atomic E-state index is -3.68. The Bertz CT molecular complexity index is 706. The van der Waals surface area contributed by atoms with Crippen LogP contribution in [0.2, 0.25) is 10.0 Å². The van der Waals surface area contributed by atoms with Crippen molar-refractivity contribution < 1.29 is 8.42 Å². The number of benzene rings is 1. The first kappa shape index (κ1) is 15.3. The summed E-state index contributed by atoms with van der Waals surface area (Å²) in [6, 6.07) is 9.04. The van der Waals surface area contributed by atoms with Gasteiger partial charge in [-0.2, -0.15) is 0 Å². The third-order valence-electron chi connectivity index (χ3n) is 2.66. The van der Waals surface area contributed by atoms with Crippen LogP contribution in [0.4, 0.5) is 0 Å². The molecule has 7 heteroatoms. The molecule has 0 spiro atoms. The maximum Gasteiger partial charge on any atom is 0.241 e. The fourth-order valence-corrected chi connectivity index (χ4v) is 3.24. The van der Waals surface area contributed by atoms with Gasteiger partial charge in [-0.15, -0.1) is 0 Å². The zero-order chi connectivity index (χ0) is 14.8. The van der Waals surface area contributed by atoms with Gasteiger partial charge in [0.15, 0.2) is 0 Å². The molecule has 1 atom stereocenters. The smallest absolute Gasteiger partial charge is 0.241 e. The van der Waals surface area contributed by atoms with E-state index in [1.54, 1.807) is 31.3 Å². The Balaban J connectivity index is 2.25. The lowest BCUT2D eigenvalue weighted by Gasteiger charge is -2.14. The first-order valence-electron chi connectivity index (χ1n) is 5.78. The Labute approximate surface area is 127 Å². The average molecular weight is 331 g/mol. The monoisotopic (exact) mass is 330 g/mol. The topological polar surface area (TPSA) is 59.1 Å². The molecule has 0 aliphatic heterocycles. The van der Waals surface area contributed by atoms with Gasteiger partial charge < -0.3 is 0 Å². The lowest BCUT2D eigenvalue weighted by Crippen LogP contribution is -2.27. The van der Waals surface area contributed by atoms with Crippen molar-refractivity contribution in [3.8, 4) is 0 Å². The van der Waals surface area contributed by atoms with Crippen molar-refractivity contribution in [2.24, 2.45) is 0 Å². The van der Waals surface area contributed by atoms with Gasteiger partial charge in [-0.1, -0.05) is 29.3 Å². The molecule has 1 unspecified atom stereocenters. The molecule has 0 aliphatic carbocycles. The second-order valence-electron chi connectivity index (χ2n) is 4.17. The van der Waals surface area contributed by atoms with E-state index in [-0.39, 0.29) is 9.92 Å². The number of sulfonamides is 1. The van der Waals surface area contributed by atoms with Crippen molar-refractivity contribution in [3.63, 3.8) is 0 Å².